The molecule has 1 aliphatic carbocycles. The molecule has 0 radical (unpaired) electrons. The molecule has 2 atom stereocenters. The molecule has 1 aromatic carbocycles. The Morgan fingerprint density at radius 3 is 2.52 bits per heavy atom. The Kier molecular flexibility index (Phi) is 7.22. The van der Waals surface area contributed by atoms with E-state index >= 15 is 0 Å². The van der Waals surface area contributed by atoms with Gasteiger partial charge in [0.2, 0.25) is 5.91 Å². The fourth-order valence-electron chi connectivity index (χ4n) is 4.10. The third kappa shape index (κ3) is 5.07. The lowest BCUT2D eigenvalue weighted by Crippen LogP contribution is -2.51. The minimum absolute atomic E-state index is 0.000169. The maximum absolute atomic E-state index is 13.3. The molecule has 2 fully saturated rings. The molecule has 1 heterocycles. The summed E-state index contributed by atoms with van der Waals surface area (Å²) in [7, 11) is 0. The van der Waals surface area contributed by atoms with Crippen LogP contribution in [0.1, 0.15) is 62.7 Å². The van der Waals surface area contributed by atoms with E-state index < -0.39 is 0 Å². The fraction of sp³-hybridized carbons (Fsp3) is 0.636. The van der Waals surface area contributed by atoms with Gasteiger partial charge in [-0.15, -0.1) is 11.8 Å². The van der Waals surface area contributed by atoms with Crippen LogP contribution in [-0.4, -0.2) is 40.4 Å². The van der Waals surface area contributed by atoms with Crippen molar-refractivity contribution in [2.45, 2.75) is 63.8 Å². The Morgan fingerprint density at radius 2 is 1.85 bits per heavy atom. The first-order valence-corrected chi connectivity index (χ1v) is 11.4. The van der Waals surface area contributed by atoms with Crippen molar-refractivity contribution in [3.05, 3.63) is 35.9 Å². The lowest BCUT2D eigenvalue weighted by atomic mass is 9.88. The number of hydrogen-bond acceptors (Lipinski definition) is 3. The predicted octanol–water partition coefficient (Wildman–Crippen LogP) is 4.31. The summed E-state index contributed by atoms with van der Waals surface area (Å²) in [5.74, 6) is 1.77. The average molecular weight is 389 g/mol. The van der Waals surface area contributed by atoms with Gasteiger partial charge in [-0.3, -0.25) is 9.59 Å². The van der Waals surface area contributed by atoms with Gasteiger partial charge >= 0.3 is 0 Å². The minimum Gasteiger partial charge on any atom is -0.354 e. The standard InChI is InChI=1S/C22H32N2O2S/c1-16(2)13-14-23-20(25)19-15-27-22(18-11-7-4-8-12-18)24(19)21(26)17-9-5-3-6-10-17/h3,5-6,9-10,16,18-19,22H,4,7-8,11-15H2,1-2H3,(H,23,25)/t19-,22+/m1/s1. The van der Waals surface area contributed by atoms with E-state index in [0.29, 0.717) is 29.7 Å². The number of rotatable bonds is 6. The van der Waals surface area contributed by atoms with Gasteiger partial charge < -0.3 is 10.2 Å². The summed E-state index contributed by atoms with van der Waals surface area (Å²) < 4.78 is 0. The molecule has 0 aromatic heterocycles. The Morgan fingerprint density at radius 1 is 1.15 bits per heavy atom. The lowest BCUT2D eigenvalue weighted by Gasteiger charge is -2.35. The van der Waals surface area contributed by atoms with Crippen molar-refractivity contribution in [2.24, 2.45) is 11.8 Å². The van der Waals surface area contributed by atoms with Crippen LogP contribution < -0.4 is 5.32 Å². The summed E-state index contributed by atoms with van der Waals surface area (Å²) in [6.45, 7) is 4.99. The molecule has 2 amide bonds. The van der Waals surface area contributed by atoms with Crippen molar-refractivity contribution in [1.82, 2.24) is 10.2 Å². The van der Waals surface area contributed by atoms with Gasteiger partial charge in [0.25, 0.3) is 5.91 Å². The highest BCUT2D eigenvalue weighted by molar-refractivity contribution is 8.00. The van der Waals surface area contributed by atoms with Crippen molar-refractivity contribution in [3.8, 4) is 0 Å². The quantitative estimate of drug-likeness (QED) is 0.790. The highest BCUT2D eigenvalue weighted by atomic mass is 32.2. The molecule has 1 aromatic rings. The molecule has 3 rings (SSSR count). The highest BCUT2D eigenvalue weighted by Crippen LogP contribution is 2.41. The molecule has 1 saturated heterocycles. The molecule has 0 bridgehead atoms. The van der Waals surface area contributed by atoms with E-state index in [9.17, 15) is 9.59 Å². The second kappa shape index (κ2) is 9.63. The van der Waals surface area contributed by atoms with Crippen LogP contribution in [0.15, 0.2) is 30.3 Å². The van der Waals surface area contributed by atoms with Gasteiger partial charge in [0.1, 0.15) is 6.04 Å². The largest absolute Gasteiger partial charge is 0.354 e. The molecule has 0 unspecified atom stereocenters. The average Bonchev–Trinajstić information content (AvgIpc) is 3.13. The number of nitrogens with one attached hydrogen (secondary N) is 1. The van der Waals surface area contributed by atoms with E-state index in [1.54, 1.807) is 11.8 Å². The first-order chi connectivity index (χ1) is 13.1. The topological polar surface area (TPSA) is 49.4 Å². The van der Waals surface area contributed by atoms with Crippen molar-refractivity contribution in [2.75, 3.05) is 12.3 Å². The third-order valence-electron chi connectivity index (χ3n) is 5.67. The molecular formula is C22H32N2O2S. The van der Waals surface area contributed by atoms with E-state index in [2.05, 4.69) is 19.2 Å². The van der Waals surface area contributed by atoms with Crippen LogP contribution in [0.4, 0.5) is 0 Å². The number of thioether (sulfide) groups is 1. The third-order valence-corrected chi connectivity index (χ3v) is 7.13. The number of carbonyl (C=O) groups excluding carboxylic acids is 2. The number of nitrogens with zero attached hydrogens (tertiary/aromatic N) is 1. The molecular weight excluding hydrogens is 356 g/mol. The molecule has 1 saturated carbocycles. The second-order valence-corrected chi connectivity index (χ2v) is 9.34. The van der Waals surface area contributed by atoms with E-state index in [-0.39, 0.29) is 23.2 Å². The maximum atomic E-state index is 13.3. The molecule has 1 N–H and O–H groups in total. The summed E-state index contributed by atoms with van der Waals surface area (Å²) >= 11 is 1.80. The molecule has 1 aliphatic heterocycles. The van der Waals surface area contributed by atoms with Crippen LogP contribution in [0, 0.1) is 11.8 Å². The van der Waals surface area contributed by atoms with Crippen LogP contribution in [0.25, 0.3) is 0 Å². The predicted molar refractivity (Wildman–Crippen MR) is 112 cm³/mol. The van der Waals surface area contributed by atoms with Crippen molar-refractivity contribution >= 4 is 23.6 Å². The van der Waals surface area contributed by atoms with Crippen LogP contribution in [0.3, 0.4) is 0 Å². The zero-order valence-corrected chi connectivity index (χ0v) is 17.3. The van der Waals surface area contributed by atoms with Gasteiger partial charge in [-0.2, -0.15) is 0 Å². The molecule has 4 nitrogen and oxygen atoms in total. The molecule has 2 aliphatic rings. The number of amides is 2. The zero-order chi connectivity index (χ0) is 19.2. The highest BCUT2D eigenvalue weighted by Gasteiger charge is 2.44. The summed E-state index contributed by atoms with van der Waals surface area (Å²) in [5, 5.41) is 3.19. The zero-order valence-electron chi connectivity index (χ0n) is 16.5. The van der Waals surface area contributed by atoms with E-state index in [1.807, 2.05) is 35.2 Å². The summed E-state index contributed by atoms with van der Waals surface area (Å²) in [6, 6.07) is 9.06. The van der Waals surface area contributed by atoms with Crippen LogP contribution in [0.2, 0.25) is 0 Å². The van der Waals surface area contributed by atoms with Gasteiger partial charge in [0, 0.05) is 17.9 Å². The number of hydrogen-bond donors (Lipinski definition) is 1. The van der Waals surface area contributed by atoms with Gasteiger partial charge in [0.05, 0.1) is 5.37 Å². The van der Waals surface area contributed by atoms with Crippen molar-refractivity contribution in [3.63, 3.8) is 0 Å². The Balaban J connectivity index is 1.77. The van der Waals surface area contributed by atoms with E-state index in [4.69, 9.17) is 0 Å². The van der Waals surface area contributed by atoms with Crippen molar-refractivity contribution in [1.29, 1.82) is 0 Å². The summed E-state index contributed by atoms with van der Waals surface area (Å²) in [6.07, 6.45) is 7.06. The Hall–Kier alpha value is -1.49. The molecule has 148 valence electrons. The van der Waals surface area contributed by atoms with Gasteiger partial charge in [0.15, 0.2) is 0 Å². The van der Waals surface area contributed by atoms with E-state index in [0.717, 1.165) is 19.3 Å². The SMILES string of the molecule is CC(C)CCNC(=O)[C@H]1CS[C@@H](C2CCCCC2)N1C(=O)c1ccccc1. The van der Waals surface area contributed by atoms with Crippen molar-refractivity contribution < 1.29 is 9.59 Å². The minimum atomic E-state index is -0.359. The van der Waals surface area contributed by atoms with Gasteiger partial charge in [-0.05, 0) is 43.2 Å². The smallest absolute Gasteiger partial charge is 0.255 e. The first-order valence-electron chi connectivity index (χ1n) is 10.3. The molecule has 27 heavy (non-hydrogen) atoms. The lowest BCUT2D eigenvalue weighted by molar-refractivity contribution is -0.125. The number of carbonyl (C=O) groups is 2. The monoisotopic (exact) mass is 388 g/mol. The van der Waals surface area contributed by atoms with E-state index in [1.165, 1.54) is 19.3 Å². The summed E-state index contributed by atoms with van der Waals surface area (Å²) in [5.41, 5.74) is 0.681. The first kappa shape index (κ1) is 20.2. The normalized spacial score (nSPS) is 23.6. The Bertz CT molecular complexity index is 628. The van der Waals surface area contributed by atoms with Crippen LogP contribution in [0.5, 0.6) is 0 Å². The van der Waals surface area contributed by atoms with Crippen LogP contribution in [-0.2, 0) is 4.79 Å². The summed E-state index contributed by atoms with van der Waals surface area (Å²) in [4.78, 5) is 28.1. The molecule has 5 heteroatoms. The maximum Gasteiger partial charge on any atom is 0.255 e. The fourth-order valence-corrected chi connectivity index (χ4v) is 5.74. The second-order valence-electron chi connectivity index (χ2n) is 8.19. The number of benzene rings is 1. The van der Waals surface area contributed by atoms with Gasteiger partial charge in [-0.1, -0.05) is 51.3 Å². The molecule has 0 spiro atoms. The Labute approximate surface area is 167 Å². The van der Waals surface area contributed by atoms with Crippen LogP contribution >= 0.6 is 11.8 Å². The van der Waals surface area contributed by atoms with Gasteiger partial charge in [-0.25, -0.2) is 0 Å².